The number of fused-ring (bicyclic) bond motifs is 3. The van der Waals surface area contributed by atoms with Gasteiger partial charge in [0.05, 0.1) is 12.5 Å². The fraction of sp³-hybridized carbons (Fsp3) is 0.389. The Hall–Kier alpha value is -2.19. The molecule has 3 aromatic rings. The van der Waals surface area contributed by atoms with Crippen LogP contribution in [0.3, 0.4) is 0 Å². The van der Waals surface area contributed by atoms with Crippen molar-refractivity contribution in [3.8, 4) is 0 Å². The first-order valence-electron chi connectivity index (χ1n) is 8.55. The molecule has 2 unspecified atom stereocenters. The predicted molar refractivity (Wildman–Crippen MR) is 100 cm³/mol. The van der Waals surface area contributed by atoms with Gasteiger partial charge in [0.15, 0.2) is 0 Å². The van der Waals surface area contributed by atoms with E-state index in [2.05, 4.69) is 30.8 Å². The van der Waals surface area contributed by atoms with Gasteiger partial charge in [0, 0.05) is 15.9 Å². The summed E-state index contributed by atoms with van der Waals surface area (Å²) in [5.41, 5.74) is 1.03. The minimum atomic E-state index is -0.762. The quantitative estimate of drug-likeness (QED) is 0.673. The van der Waals surface area contributed by atoms with Crippen molar-refractivity contribution in [2.75, 3.05) is 6.54 Å². The number of aromatic amines is 1. The van der Waals surface area contributed by atoms with Crippen LogP contribution in [0, 0.1) is 5.92 Å². The minimum absolute atomic E-state index is 0.0521. The maximum atomic E-state index is 12.4. The number of benzene rings is 1. The highest BCUT2D eigenvalue weighted by Crippen LogP contribution is 2.30. The number of hydrogen-bond acceptors (Lipinski definition) is 5. The Morgan fingerprint density at radius 3 is 3.04 bits per heavy atom. The number of carboxylic acids is 1. The van der Waals surface area contributed by atoms with Crippen LogP contribution in [0.2, 0.25) is 0 Å². The third-order valence-electron chi connectivity index (χ3n) is 5.08. The van der Waals surface area contributed by atoms with Gasteiger partial charge < -0.3 is 14.5 Å². The summed E-state index contributed by atoms with van der Waals surface area (Å²) in [4.78, 5) is 33.3. The van der Waals surface area contributed by atoms with Crippen molar-refractivity contribution < 1.29 is 14.3 Å². The van der Waals surface area contributed by atoms with Crippen LogP contribution in [0.4, 0.5) is 0 Å². The number of halogens is 1. The summed E-state index contributed by atoms with van der Waals surface area (Å²) in [6, 6.07) is 5.47. The van der Waals surface area contributed by atoms with E-state index in [9.17, 15) is 14.7 Å². The van der Waals surface area contributed by atoms with Gasteiger partial charge in [0.2, 0.25) is 5.58 Å². The Morgan fingerprint density at radius 2 is 2.31 bits per heavy atom. The number of likely N-dealkylation sites (tertiary alicyclic amines) is 1. The molecule has 1 aliphatic rings. The molecule has 1 aliphatic heterocycles. The minimum Gasteiger partial charge on any atom is -0.481 e. The first-order valence-corrected chi connectivity index (χ1v) is 9.35. The normalized spacial score (nSPS) is 21.0. The molecule has 7 nitrogen and oxygen atoms in total. The van der Waals surface area contributed by atoms with E-state index in [-0.39, 0.29) is 23.1 Å². The molecule has 1 saturated heterocycles. The van der Waals surface area contributed by atoms with Gasteiger partial charge in [-0.05, 0) is 37.6 Å². The highest BCUT2D eigenvalue weighted by Gasteiger charge is 2.37. The molecule has 136 valence electrons. The summed E-state index contributed by atoms with van der Waals surface area (Å²) in [5.74, 6) is -0.613. The second-order valence-electron chi connectivity index (χ2n) is 6.61. The smallest absolute Gasteiger partial charge is 0.308 e. The Bertz CT molecular complexity index is 1060. The average molecular weight is 420 g/mol. The highest BCUT2D eigenvalue weighted by molar-refractivity contribution is 9.10. The fourth-order valence-electron chi connectivity index (χ4n) is 3.88. The molecule has 0 bridgehead atoms. The van der Waals surface area contributed by atoms with Crippen LogP contribution in [0.15, 0.2) is 31.9 Å². The number of furan rings is 1. The summed E-state index contributed by atoms with van der Waals surface area (Å²) in [5, 5.41) is 10.2. The van der Waals surface area contributed by atoms with Crippen molar-refractivity contribution in [3.63, 3.8) is 0 Å². The van der Waals surface area contributed by atoms with E-state index in [1.54, 1.807) is 6.07 Å². The number of nitrogens with zero attached hydrogens (tertiary/aromatic N) is 2. The molecule has 0 spiro atoms. The van der Waals surface area contributed by atoms with Crippen LogP contribution in [0.25, 0.3) is 22.1 Å². The van der Waals surface area contributed by atoms with Crippen molar-refractivity contribution in [2.45, 2.75) is 32.4 Å². The number of aromatic nitrogens is 2. The molecule has 2 N–H and O–H groups in total. The monoisotopic (exact) mass is 419 g/mol. The van der Waals surface area contributed by atoms with E-state index in [1.165, 1.54) is 0 Å². The van der Waals surface area contributed by atoms with Gasteiger partial charge in [-0.15, -0.1) is 0 Å². The molecule has 8 heteroatoms. The molecule has 2 atom stereocenters. The number of hydrogen-bond donors (Lipinski definition) is 2. The summed E-state index contributed by atoms with van der Waals surface area (Å²) < 4.78 is 6.52. The van der Waals surface area contributed by atoms with E-state index < -0.39 is 5.97 Å². The molecule has 0 amide bonds. The van der Waals surface area contributed by atoms with Crippen LogP contribution in [0.1, 0.15) is 25.6 Å². The second kappa shape index (κ2) is 6.51. The molecule has 0 aliphatic carbocycles. The molecule has 1 fully saturated rings. The molecular weight excluding hydrogens is 402 g/mol. The second-order valence-corrected chi connectivity index (χ2v) is 7.53. The molecule has 2 aromatic heterocycles. The third-order valence-corrected chi connectivity index (χ3v) is 5.58. The molecular formula is C18H18BrN3O4. The van der Waals surface area contributed by atoms with Gasteiger partial charge >= 0.3 is 5.97 Å². The molecule has 26 heavy (non-hydrogen) atoms. The SMILES string of the molecule is CCC1C(C(=O)O)CCN1Cc1nc2c(oc3ccc(Br)cc32)c(=O)[nH]1. The molecule has 1 aromatic carbocycles. The van der Waals surface area contributed by atoms with E-state index in [0.717, 1.165) is 16.3 Å². The van der Waals surface area contributed by atoms with Crippen molar-refractivity contribution in [1.29, 1.82) is 0 Å². The molecule has 4 rings (SSSR count). The number of rotatable bonds is 4. The zero-order valence-corrected chi connectivity index (χ0v) is 15.7. The zero-order valence-electron chi connectivity index (χ0n) is 14.2. The van der Waals surface area contributed by atoms with E-state index in [0.29, 0.717) is 36.4 Å². The Kier molecular flexibility index (Phi) is 4.32. The summed E-state index contributed by atoms with van der Waals surface area (Å²) in [6.07, 6.45) is 1.35. The average Bonchev–Trinajstić information content (AvgIpc) is 3.16. The lowest BCUT2D eigenvalue weighted by Crippen LogP contribution is -2.35. The first kappa shape index (κ1) is 17.2. The van der Waals surface area contributed by atoms with Gasteiger partial charge in [-0.3, -0.25) is 14.5 Å². The summed E-state index contributed by atoms with van der Waals surface area (Å²) in [7, 11) is 0. The largest absolute Gasteiger partial charge is 0.481 e. The van der Waals surface area contributed by atoms with Gasteiger partial charge in [-0.25, -0.2) is 4.98 Å². The zero-order chi connectivity index (χ0) is 18.4. The van der Waals surface area contributed by atoms with Crippen LogP contribution in [-0.2, 0) is 11.3 Å². The third kappa shape index (κ3) is 2.83. The topological polar surface area (TPSA) is 99.4 Å². The Morgan fingerprint density at radius 1 is 1.50 bits per heavy atom. The molecule has 0 saturated carbocycles. The number of carboxylic acid groups (broad SMARTS) is 1. The van der Waals surface area contributed by atoms with Gasteiger partial charge in [-0.1, -0.05) is 22.9 Å². The lowest BCUT2D eigenvalue weighted by molar-refractivity contribution is -0.142. The van der Waals surface area contributed by atoms with Gasteiger partial charge in [0.1, 0.15) is 16.9 Å². The van der Waals surface area contributed by atoms with Gasteiger partial charge in [-0.2, -0.15) is 0 Å². The maximum absolute atomic E-state index is 12.4. The van der Waals surface area contributed by atoms with E-state index >= 15 is 0 Å². The van der Waals surface area contributed by atoms with E-state index in [4.69, 9.17) is 4.42 Å². The van der Waals surface area contributed by atoms with Crippen LogP contribution < -0.4 is 5.56 Å². The first-order chi connectivity index (χ1) is 12.5. The Labute approximate surface area is 157 Å². The standard InChI is InChI=1S/C18H18BrN3O4/c1-2-12-10(18(24)25)5-6-22(12)8-14-20-15-11-7-9(19)3-4-13(11)26-16(15)17(23)21-14/h3-4,7,10,12H,2,5-6,8H2,1H3,(H,24,25)(H,20,21,23). The number of aliphatic carboxylic acids is 1. The number of carbonyl (C=O) groups is 1. The van der Waals surface area contributed by atoms with Crippen LogP contribution in [-0.4, -0.2) is 38.5 Å². The van der Waals surface area contributed by atoms with Crippen LogP contribution in [0.5, 0.6) is 0 Å². The summed E-state index contributed by atoms with van der Waals surface area (Å²) in [6.45, 7) is 3.07. The van der Waals surface area contributed by atoms with Crippen molar-refractivity contribution >= 4 is 44.0 Å². The number of H-pyrrole nitrogens is 1. The highest BCUT2D eigenvalue weighted by atomic mass is 79.9. The Balaban J connectivity index is 1.73. The van der Waals surface area contributed by atoms with E-state index in [1.807, 2.05) is 19.1 Å². The predicted octanol–water partition coefficient (Wildman–Crippen LogP) is 3.12. The number of nitrogens with one attached hydrogen (secondary N) is 1. The maximum Gasteiger partial charge on any atom is 0.308 e. The van der Waals surface area contributed by atoms with Crippen molar-refractivity contribution in [2.24, 2.45) is 5.92 Å². The molecule has 3 heterocycles. The fourth-order valence-corrected chi connectivity index (χ4v) is 4.25. The van der Waals surface area contributed by atoms with Gasteiger partial charge in [0.25, 0.3) is 5.56 Å². The van der Waals surface area contributed by atoms with Crippen LogP contribution >= 0.6 is 15.9 Å². The van der Waals surface area contributed by atoms with Crippen molar-refractivity contribution in [3.05, 3.63) is 38.9 Å². The molecule has 0 radical (unpaired) electrons. The lowest BCUT2D eigenvalue weighted by atomic mass is 9.99. The van der Waals surface area contributed by atoms with Crippen molar-refractivity contribution in [1.82, 2.24) is 14.9 Å². The lowest BCUT2D eigenvalue weighted by Gasteiger charge is -2.24. The summed E-state index contributed by atoms with van der Waals surface area (Å²) >= 11 is 3.43.